The summed E-state index contributed by atoms with van der Waals surface area (Å²) in [5.41, 5.74) is 7.76. The van der Waals surface area contributed by atoms with E-state index < -0.39 is 0 Å². The predicted molar refractivity (Wildman–Crippen MR) is 96.0 cm³/mol. The van der Waals surface area contributed by atoms with Gasteiger partial charge in [0.2, 0.25) is 5.91 Å². The van der Waals surface area contributed by atoms with Gasteiger partial charge in [-0.2, -0.15) is 0 Å². The van der Waals surface area contributed by atoms with Gasteiger partial charge < -0.3 is 21.6 Å². The van der Waals surface area contributed by atoms with Gasteiger partial charge in [0.1, 0.15) is 5.75 Å². The Balaban J connectivity index is 2.17. The first-order valence-electron chi connectivity index (χ1n) is 6.89. The van der Waals surface area contributed by atoms with Gasteiger partial charge in [0.05, 0.1) is 5.02 Å². The number of phenolic OH excluding ortho intramolecular Hbond substituents is 1. The SMILES string of the molecule is N=CC(=CN)c1ccncc1/C=C/C(=O)Nc1ccc(Cl)c(O)c1. The number of halogens is 1. The number of carbonyl (C=O) groups is 1. The molecule has 2 aromatic rings. The highest BCUT2D eigenvalue weighted by Crippen LogP contribution is 2.26. The molecule has 0 aliphatic carbocycles. The van der Waals surface area contributed by atoms with Gasteiger partial charge in [-0.25, -0.2) is 0 Å². The molecule has 0 radical (unpaired) electrons. The van der Waals surface area contributed by atoms with Crippen molar-refractivity contribution in [3.05, 3.63) is 65.1 Å². The molecule has 0 spiro atoms. The minimum atomic E-state index is -0.389. The van der Waals surface area contributed by atoms with E-state index in [9.17, 15) is 9.90 Å². The molecule has 0 saturated heterocycles. The Morgan fingerprint density at radius 3 is 2.83 bits per heavy atom. The van der Waals surface area contributed by atoms with Crippen molar-refractivity contribution in [2.45, 2.75) is 0 Å². The highest BCUT2D eigenvalue weighted by Gasteiger charge is 2.05. The second-order valence-corrected chi connectivity index (χ2v) is 5.13. The summed E-state index contributed by atoms with van der Waals surface area (Å²) in [4.78, 5) is 16.0. The van der Waals surface area contributed by atoms with Gasteiger partial charge in [-0.05, 0) is 29.8 Å². The van der Waals surface area contributed by atoms with Gasteiger partial charge in [-0.15, -0.1) is 0 Å². The number of carbonyl (C=O) groups excluding carboxylic acids is 1. The average Bonchev–Trinajstić information content (AvgIpc) is 2.58. The summed E-state index contributed by atoms with van der Waals surface area (Å²) in [7, 11) is 0. The summed E-state index contributed by atoms with van der Waals surface area (Å²) in [6.07, 6.45) is 8.49. The third kappa shape index (κ3) is 4.21. The zero-order chi connectivity index (χ0) is 17.5. The lowest BCUT2D eigenvalue weighted by Gasteiger charge is -2.06. The van der Waals surface area contributed by atoms with Gasteiger partial charge in [0, 0.05) is 53.8 Å². The van der Waals surface area contributed by atoms with Crippen molar-refractivity contribution in [3.63, 3.8) is 0 Å². The van der Waals surface area contributed by atoms with E-state index in [4.69, 9.17) is 22.7 Å². The Bertz CT molecular complexity index is 831. The van der Waals surface area contributed by atoms with Crippen LogP contribution >= 0.6 is 11.6 Å². The molecule has 0 unspecified atom stereocenters. The van der Waals surface area contributed by atoms with Crippen LogP contribution in [0.2, 0.25) is 5.02 Å². The number of pyridine rings is 1. The molecule has 0 atom stereocenters. The molecule has 6 nitrogen and oxygen atoms in total. The first-order chi connectivity index (χ1) is 11.5. The molecule has 24 heavy (non-hydrogen) atoms. The van der Waals surface area contributed by atoms with E-state index in [1.54, 1.807) is 30.6 Å². The summed E-state index contributed by atoms with van der Waals surface area (Å²) >= 11 is 5.72. The number of hydrogen-bond donors (Lipinski definition) is 4. The van der Waals surface area contributed by atoms with Gasteiger partial charge in [-0.1, -0.05) is 11.6 Å². The van der Waals surface area contributed by atoms with E-state index in [1.807, 2.05) is 0 Å². The maximum Gasteiger partial charge on any atom is 0.248 e. The number of phenols is 1. The van der Waals surface area contributed by atoms with Crippen molar-refractivity contribution in [2.75, 3.05) is 5.32 Å². The summed E-state index contributed by atoms with van der Waals surface area (Å²) in [6.45, 7) is 0. The summed E-state index contributed by atoms with van der Waals surface area (Å²) in [5, 5.41) is 19.7. The zero-order valence-corrected chi connectivity index (χ0v) is 13.3. The molecule has 0 saturated carbocycles. The normalized spacial score (nSPS) is 11.5. The van der Waals surface area contributed by atoms with Crippen LogP contribution in [0.4, 0.5) is 5.69 Å². The fourth-order valence-corrected chi connectivity index (χ4v) is 2.08. The largest absolute Gasteiger partial charge is 0.506 e. The molecule has 0 bridgehead atoms. The van der Waals surface area contributed by atoms with Gasteiger partial charge in [-0.3, -0.25) is 9.78 Å². The third-order valence-electron chi connectivity index (χ3n) is 3.13. The number of allylic oxidation sites excluding steroid dienone is 1. The summed E-state index contributed by atoms with van der Waals surface area (Å²) in [6, 6.07) is 6.12. The number of anilines is 1. The molecule has 7 heteroatoms. The number of aromatic nitrogens is 1. The fraction of sp³-hybridized carbons (Fsp3) is 0. The molecule has 5 N–H and O–H groups in total. The van der Waals surface area contributed by atoms with E-state index in [1.165, 1.54) is 24.4 Å². The average molecular weight is 343 g/mol. The summed E-state index contributed by atoms with van der Waals surface area (Å²) in [5.74, 6) is -0.503. The molecular formula is C17H15ClN4O2. The number of benzene rings is 1. The van der Waals surface area contributed by atoms with Crippen molar-refractivity contribution in [1.29, 1.82) is 5.41 Å². The lowest BCUT2D eigenvalue weighted by molar-refractivity contribution is -0.111. The van der Waals surface area contributed by atoms with Crippen LogP contribution in [0.15, 0.2) is 48.9 Å². The first-order valence-corrected chi connectivity index (χ1v) is 7.27. The van der Waals surface area contributed by atoms with Crippen LogP contribution in [0.25, 0.3) is 11.6 Å². The zero-order valence-electron chi connectivity index (χ0n) is 12.5. The fourth-order valence-electron chi connectivity index (χ4n) is 1.96. The molecule has 0 aliphatic rings. The van der Waals surface area contributed by atoms with Crippen LogP contribution in [0.5, 0.6) is 5.75 Å². The molecule has 1 amide bonds. The van der Waals surface area contributed by atoms with Crippen LogP contribution in [0.3, 0.4) is 0 Å². The topological polar surface area (TPSA) is 112 Å². The highest BCUT2D eigenvalue weighted by atomic mass is 35.5. The van der Waals surface area contributed by atoms with Crippen LogP contribution in [-0.4, -0.2) is 22.2 Å². The highest BCUT2D eigenvalue weighted by molar-refractivity contribution is 6.32. The molecule has 1 aromatic heterocycles. The Morgan fingerprint density at radius 1 is 1.38 bits per heavy atom. The molecule has 1 heterocycles. The number of nitrogens with one attached hydrogen (secondary N) is 2. The number of aromatic hydroxyl groups is 1. The molecule has 0 aliphatic heterocycles. The second kappa shape index (κ2) is 7.94. The van der Waals surface area contributed by atoms with Crippen LogP contribution in [-0.2, 0) is 4.79 Å². The van der Waals surface area contributed by atoms with Crippen molar-refractivity contribution in [1.82, 2.24) is 4.98 Å². The van der Waals surface area contributed by atoms with Crippen LogP contribution < -0.4 is 11.1 Å². The van der Waals surface area contributed by atoms with E-state index >= 15 is 0 Å². The minimum Gasteiger partial charge on any atom is -0.506 e. The van der Waals surface area contributed by atoms with Crippen molar-refractivity contribution >= 4 is 41.1 Å². The molecular weight excluding hydrogens is 328 g/mol. The molecule has 122 valence electrons. The monoisotopic (exact) mass is 342 g/mol. The number of nitrogens with two attached hydrogens (primary N) is 1. The van der Waals surface area contributed by atoms with Crippen molar-refractivity contribution < 1.29 is 9.90 Å². The maximum atomic E-state index is 12.0. The number of hydrogen-bond acceptors (Lipinski definition) is 5. The lowest BCUT2D eigenvalue weighted by atomic mass is 10.0. The van der Waals surface area contributed by atoms with E-state index in [2.05, 4.69) is 10.3 Å². The van der Waals surface area contributed by atoms with E-state index in [0.717, 1.165) is 6.21 Å². The quantitative estimate of drug-likeness (QED) is 0.494. The Morgan fingerprint density at radius 2 is 2.17 bits per heavy atom. The second-order valence-electron chi connectivity index (χ2n) is 4.72. The maximum absolute atomic E-state index is 12.0. The minimum absolute atomic E-state index is 0.114. The Hall–Kier alpha value is -3.12. The van der Waals surface area contributed by atoms with Crippen LogP contribution in [0, 0.1) is 5.41 Å². The number of nitrogens with zero attached hydrogens (tertiary/aromatic N) is 1. The van der Waals surface area contributed by atoms with E-state index in [-0.39, 0.29) is 16.7 Å². The Kier molecular flexibility index (Phi) is 5.70. The molecule has 1 aromatic carbocycles. The number of amides is 1. The van der Waals surface area contributed by atoms with Gasteiger partial charge >= 0.3 is 0 Å². The smallest absolute Gasteiger partial charge is 0.248 e. The Labute approximate surface area is 143 Å². The lowest BCUT2D eigenvalue weighted by Crippen LogP contribution is -2.07. The molecule has 0 fully saturated rings. The van der Waals surface area contributed by atoms with Crippen molar-refractivity contribution in [2.24, 2.45) is 5.73 Å². The number of rotatable bonds is 5. The van der Waals surface area contributed by atoms with Gasteiger partial charge in [0.25, 0.3) is 0 Å². The predicted octanol–water partition coefficient (Wildman–Crippen LogP) is 3.04. The van der Waals surface area contributed by atoms with E-state index in [0.29, 0.717) is 22.4 Å². The van der Waals surface area contributed by atoms with Crippen molar-refractivity contribution in [3.8, 4) is 5.75 Å². The first kappa shape index (κ1) is 17.2. The summed E-state index contributed by atoms with van der Waals surface area (Å²) < 4.78 is 0. The van der Waals surface area contributed by atoms with Crippen LogP contribution in [0.1, 0.15) is 11.1 Å². The standard InChI is InChI=1S/C17H15ClN4O2/c18-15-3-2-13(7-16(15)23)22-17(24)4-1-11-10-21-6-5-14(11)12(8-19)9-20/h1-10,19,23H,20H2,(H,22,24)/b4-1+,12-9?,19-8?. The van der Waals surface area contributed by atoms with Gasteiger partial charge in [0.15, 0.2) is 0 Å². The molecule has 2 rings (SSSR count). The third-order valence-corrected chi connectivity index (χ3v) is 3.45.